The zero-order valence-electron chi connectivity index (χ0n) is 18.5. The van der Waals surface area contributed by atoms with Crippen molar-refractivity contribution in [3.8, 4) is 5.75 Å². The highest BCUT2D eigenvalue weighted by molar-refractivity contribution is 7.12. The predicted octanol–water partition coefficient (Wildman–Crippen LogP) is 3.72. The maximum Gasteiger partial charge on any atom is 0.257 e. The molecule has 1 fully saturated rings. The highest BCUT2D eigenvalue weighted by Gasteiger charge is 2.36. The number of amides is 1. The topological polar surface area (TPSA) is 61.5 Å². The third kappa shape index (κ3) is 5.35. The van der Waals surface area contributed by atoms with Crippen molar-refractivity contribution in [2.75, 3.05) is 45.9 Å². The van der Waals surface area contributed by atoms with E-state index in [0.29, 0.717) is 19.6 Å². The van der Waals surface area contributed by atoms with Gasteiger partial charge >= 0.3 is 0 Å². The predicted molar refractivity (Wildman–Crippen MR) is 129 cm³/mol. The fourth-order valence-corrected chi connectivity index (χ4v) is 5.00. The van der Waals surface area contributed by atoms with E-state index < -0.39 is 0 Å². The molecule has 4 heterocycles. The van der Waals surface area contributed by atoms with Crippen LogP contribution in [0.5, 0.6) is 5.75 Å². The summed E-state index contributed by atoms with van der Waals surface area (Å²) in [6.07, 6.45) is 2.33. The first-order valence-electron chi connectivity index (χ1n) is 11.4. The lowest BCUT2D eigenvalue weighted by Gasteiger charge is -2.34. The Labute approximate surface area is 197 Å². The molecular formula is C25H28N4O3S. The molecule has 2 aromatic heterocycles. The maximum atomic E-state index is 13.3. The molecular weight excluding hydrogens is 436 g/mol. The van der Waals surface area contributed by atoms with E-state index in [1.165, 1.54) is 0 Å². The van der Waals surface area contributed by atoms with E-state index in [9.17, 15) is 4.79 Å². The summed E-state index contributed by atoms with van der Waals surface area (Å²) in [6.45, 7) is 5.50. The van der Waals surface area contributed by atoms with Gasteiger partial charge in [-0.15, -0.1) is 11.3 Å². The van der Waals surface area contributed by atoms with Crippen molar-refractivity contribution in [1.82, 2.24) is 14.8 Å². The van der Waals surface area contributed by atoms with Gasteiger partial charge in [-0.2, -0.15) is 5.10 Å². The number of para-hydroxylation sites is 1. The van der Waals surface area contributed by atoms with Gasteiger partial charge < -0.3 is 9.15 Å². The molecule has 0 bridgehead atoms. The average Bonchev–Trinajstić information content (AvgIpc) is 3.62. The Balaban J connectivity index is 1.14. The third-order valence-corrected chi connectivity index (χ3v) is 7.01. The molecule has 3 aromatic rings. The molecule has 0 N–H and O–H groups in total. The molecule has 0 radical (unpaired) electrons. The van der Waals surface area contributed by atoms with Gasteiger partial charge in [0, 0.05) is 39.1 Å². The summed E-state index contributed by atoms with van der Waals surface area (Å²) in [6, 6.07) is 17.6. The molecule has 2 aliphatic heterocycles. The van der Waals surface area contributed by atoms with E-state index in [2.05, 4.69) is 15.9 Å². The Morgan fingerprint density at radius 1 is 1.03 bits per heavy atom. The molecule has 0 spiro atoms. The number of piperazine rings is 1. The fourth-order valence-electron chi connectivity index (χ4n) is 4.28. The Morgan fingerprint density at radius 3 is 2.58 bits per heavy atom. The van der Waals surface area contributed by atoms with Crippen LogP contribution in [-0.2, 0) is 4.79 Å². The van der Waals surface area contributed by atoms with Gasteiger partial charge in [-0.3, -0.25) is 14.6 Å². The van der Waals surface area contributed by atoms with E-state index in [4.69, 9.17) is 14.3 Å². The number of furan rings is 1. The summed E-state index contributed by atoms with van der Waals surface area (Å²) in [7, 11) is 0. The number of benzene rings is 1. The largest absolute Gasteiger partial charge is 0.492 e. The summed E-state index contributed by atoms with van der Waals surface area (Å²) in [5, 5.41) is 8.38. The van der Waals surface area contributed by atoms with Gasteiger partial charge in [-0.25, -0.2) is 5.01 Å². The molecule has 0 aliphatic carbocycles. The van der Waals surface area contributed by atoms with Crippen LogP contribution in [-0.4, -0.2) is 72.3 Å². The van der Waals surface area contributed by atoms with Crippen LogP contribution < -0.4 is 4.74 Å². The molecule has 1 saturated heterocycles. The SMILES string of the molecule is O=C(CN1CCN(CCOc2ccccc2)CC1)N1N=C(c2cccs2)CC1c1ccco1. The third-order valence-electron chi connectivity index (χ3n) is 6.09. The van der Waals surface area contributed by atoms with Gasteiger partial charge in [-0.05, 0) is 35.7 Å². The van der Waals surface area contributed by atoms with Gasteiger partial charge in [0.15, 0.2) is 0 Å². The molecule has 7 nitrogen and oxygen atoms in total. The van der Waals surface area contributed by atoms with E-state index >= 15 is 0 Å². The molecule has 1 aromatic carbocycles. The normalized spacial score (nSPS) is 19.6. The summed E-state index contributed by atoms with van der Waals surface area (Å²) in [5.74, 6) is 1.70. The molecule has 33 heavy (non-hydrogen) atoms. The second-order valence-electron chi connectivity index (χ2n) is 8.28. The van der Waals surface area contributed by atoms with Crippen LogP contribution >= 0.6 is 11.3 Å². The molecule has 1 unspecified atom stereocenters. The van der Waals surface area contributed by atoms with Gasteiger partial charge in [0.25, 0.3) is 5.91 Å². The quantitative estimate of drug-likeness (QED) is 0.509. The van der Waals surface area contributed by atoms with Gasteiger partial charge in [0.05, 0.1) is 23.4 Å². The monoisotopic (exact) mass is 464 g/mol. The number of thiophene rings is 1. The van der Waals surface area contributed by atoms with Crippen molar-refractivity contribution in [2.45, 2.75) is 12.5 Å². The second kappa shape index (κ2) is 10.3. The maximum absolute atomic E-state index is 13.3. The first-order chi connectivity index (χ1) is 16.3. The number of hydrogen-bond donors (Lipinski definition) is 0. The van der Waals surface area contributed by atoms with E-state index in [0.717, 1.165) is 54.8 Å². The number of ether oxygens (including phenoxy) is 1. The zero-order chi connectivity index (χ0) is 22.5. The second-order valence-corrected chi connectivity index (χ2v) is 9.22. The van der Waals surface area contributed by atoms with Crippen LogP contribution in [0.2, 0.25) is 0 Å². The Kier molecular flexibility index (Phi) is 6.85. The summed E-state index contributed by atoms with van der Waals surface area (Å²) in [5.41, 5.74) is 0.947. The van der Waals surface area contributed by atoms with Crippen LogP contribution in [0.4, 0.5) is 0 Å². The molecule has 1 atom stereocenters. The summed E-state index contributed by atoms with van der Waals surface area (Å²) in [4.78, 5) is 19.0. The summed E-state index contributed by atoms with van der Waals surface area (Å²) < 4.78 is 11.5. The average molecular weight is 465 g/mol. The number of hydrazone groups is 1. The van der Waals surface area contributed by atoms with Crippen LogP contribution in [0.25, 0.3) is 0 Å². The molecule has 2 aliphatic rings. The van der Waals surface area contributed by atoms with Gasteiger partial charge in [0.1, 0.15) is 24.2 Å². The zero-order valence-corrected chi connectivity index (χ0v) is 19.3. The molecule has 1 amide bonds. The Morgan fingerprint density at radius 2 is 1.85 bits per heavy atom. The lowest BCUT2D eigenvalue weighted by molar-refractivity contribution is -0.135. The van der Waals surface area contributed by atoms with Crippen LogP contribution in [0.15, 0.2) is 75.8 Å². The van der Waals surface area contributed by atoms with Crippen molar-refractivity contribution in [3.63, 3.8) is 0 Å². The van der Waals surface area contributed by atoms with Crippen LogP contribution in [0.1, 0.15) is 23.1 Å². The lowest BCUT2D eigenvalue weighted by atomic mass is 10.1. The minimum atomic E-state index is -0.180. The number of carbonyl (C=O) groups excluding carboxylic acids is 1. The number of nitrogens with zero attached hydrogens (tertiary/aromatic N) is 4. The molecule has 0 saturated carbocycles. The van der Waals surface area contributed by atoms with Crippen molar-refractivity contribution >= 4 is 23.0 Å². The lowest BCUT2D eigenvalue weighted by Crippen LogP contribution is -2.50. The molecule has 172 valence electrons. The smallest absolute Gasteiger partial charge is 0.257 e. The summed E-state index contributed by atoms with van der Waals surface area (Å²) >= 11 is 1.65. The highest BCUT2D eigenvalue weighted by Crippen LogP contribution is 2.34. The molecule has 8 heteroatoms. The van der Waals surface area contributed by atoms with Crippen molar-refractivity contribution < 1.29 is 13.9 Å². The van der Waals surface area contributed by atoms with Crippen molar-refractivity contribution in [3.05, 3.63) is 76.9 Å². The van der Waals surface area contributed by atoms with E-state index in [-0.39, 0.29) is 11.9 Å². The molecule has 5 rings (SSSR count). The van der Waals surface area contributed by atoms with Crippen molar-refractivity contribution in [1.29, 1.82) is 0 Å². The fraction of sp³-hybridized carbons (Fsp3) is 0.360. The number of carbonyl (C=O) groups is 1. The Bertz CT molecular complexity index is 1040. The number of hydrogen-bond acceptors (Lipinski definition) is 7. The highest BCUT2D eigenvalue weighted by atomic mass is 32.1. The standard InChI is InChI=1S/C25H28N4O3S/c30-25(19-28-12-10-27(11-13-28)14-16-31-20-6-2-1-3-7-20)29-22(23-8-4-15-32-23)18-21(26-29)24-9-5-17-33-24/h1-9,15,17,22H,10-14,16,18-19H2. The van der Waals surface area contributed by atoms with Crippen molar-refractivity contribution in [2.24, 2.45) is 5.10 Å². The Hall–Kier alpha value is -2.94. The van der Waals surface area contributed by atoms with Crippen LogP contribution in [0, 0.1) is 0 Å². The van der Waals surface area contributed by atoms with Crippen LogP contribution in [0.3, 0.4) is 0 Å². The number of rotatable bonds is 8. The van der Waals surface area contributed by atoms with E-state index in [1.807, 2.05) is 53.9 Å². The first-order valence-corrected chi connectivity index (χ1v) is 12.2. The minimum absolute atomic E-state index is 0.0174. The van der Waals surface area contributed by atoms with Gasteiger partial charge in [-0.1, -0.05) is 24.3 Å². The minimum Gasteiger partial charge on any atom is -0.492 e. The van der Waals surface area contributed by atoms with Gasteiger partial charge in [0.2, 0.25) is 0 Å². The van der Waals surface area contributed by atoms with E-state index in [1.54, 1.807) is 22.6 Å². The first kappa shape index (κ1) is 21.9.